The van der Waals surface area contributed by atoms with Gasteiger partial charge in [-0.2, -0.15) is 5.26 Å². The van der Waals surface area contributed by atoms with Crippen LogP contribution in [-0.2, 0) is 23.1 Å². The Morgan fingerprint density at radius 3 is 2.14 bits per heavy atom. The number of carbonyl (C=O) groups is 4. The summed E-state index contributed by atoms with van der Waals surface area (Å²) in [7, 11) is 0. The first-order valence-corrected chi connectivity index (χ1v) is 14.8. The summed E-state index contributed by atoms with van der Waals surface area (Å²) in [6.07, 6.45) is 1.57. The zero-order valence-electron chi connectivity index (χ0n) is 24.8. The van der Waals surface area contributed by atoms with Gasteiger partial charge in [0, 0.05) is 23.2 Å². The Balaban J connectivity index is 1.60. The number of piperidine rings is 1. The second-order valence-corrected chi connectivity index (χ2v) is 12.1. The molecule has 7 N–H and O–H groups in total. The van der Waals surface area contributed by atoms with Gasteiger partial charge in [-0.3, -0.25) is 24.7 Å². The molecule has 12 heteroatoms. The Hall–Kier alpha value is -4.76. The van der Waals surface area contributed by atoms with Crippen LogP contribution in [0.2, 0.25) is 0 Å². The van der Waals surface area contributed by atoms with E-state index in [1.807, 2.05) is 13.8 Å². The number of amidine groups is 1. The van der Waals surface area contributed by atoms with Crippen LogP contribution in [0.4, 0.5) is 4.79 Å². The molecule has 1 heterocycles. The van der Waals surface area contributed by atoms with Gasteiger partial charge in [0.15, 0.2) is 0 Å². The molecule has 1 saturated heterocycles. The Morgan fingerprint density at radius 2 is 1.64 bits per heavy atom. The lowest BCUT2D eigenvalue weighted by atomic mass is 9.68. The summed E-state index contributed by atoms with van der Waals surface area (Å²) in [5.41, 5.74) is 13.7. The van der Waals surface area contributed by atoms with Gasteiger partial charge in [-0.05, 0) is 105 Å². The molecular weight excluding hydrogens is 562 g/mol. The van der Waals surface area contributed by atoms with Crippen molar-refractivity contribution >= 4 is 29.7 Å². The molecule has 1 saturated carbocycles. The van der Waals surface area contributed by atoms with Crippen LogP contribution < -0.4 is 22.1 Å². The van der Waals surface area contributed by atoms with E-state index in [2.05, 4.69) is 16.7 Å². The van der Waals surface area contributed by atoms with Crippen LogP contribution in [0.5, 0.6) is 0 Å². The van der Waals surface area contributed by atoms with E-state index >= 15 is 0 Å². The average molecular weight is 600 g/mol. The van der Waals surface area contributed by atoms with E-state index in [1.165, 1.54) is 0 Å². The van der Waals surface area contributed by atoms with E-state index in [-0.39, 0.29) is 43.3 Å². The summed E-state index contributed by atoms with van der Waals surface area (Å²) in [5.74, 6) is -0.744. The molecule has 2 aliphatic carbocycles. The average Bonchev–Trinajstić information content (AvgIpc) is 3.66. The van der Waals surface area contributed by atoms with E-state index in [9.17, 15) is 29.5 Å². The number of aryl methyl sites for hydroxylation is 2. The van der Waals surface area contributed by atoms with E-state index in [0.29, 0.717) is 36.3 Å². The number of carboxylic acid groups (broad SMARTS) is 1. The van der Waals surface area contributed by atoms with Gasteiger partial charge in [0.05, 0.1) is 18.0 Å². The fourth-order valence-electron chi connectivity index (χ4n) is 6.90. The van der Waals surface area contributed by atoms with Crippen LogP contribution in [0.15, 0.2) is 41.4 Å². The van der Waals surface area contributed by atoms with E-state index in [4.69, 9.17) is 16.5 Å². The van der Waals surface area contributed by atoms with E-state index < -0.39 is 29.4 Å². The lowest BCUT2D eigenvalue weighted by Crippen LogP contribution is -2.50. The Bertz CT molecular complexity index is 1530. The maximum absolute atomic E-state index is 13.2. The van der Waals surface area contributed by atoms with Crippen molar-refractivity contribution in [3.8, 4) is 6.07 Å². The monoisotopic (exact) mass is 599 g/mol. The Kier molecular flexibility index (Phi) is 8.43. The smallest absolute Gasteiger partial charge is 0.410 e. The highest BCUT2D eigenvalue weighted by molar-refractivity contribution is 6.05. The fraction of sp³-hybridized carbons (Fsp3) is 0.438. The van der Waals surface area contributed by atoms with Gasteiger partial charge in [0.25, 0.3) is 0 Å². The first kappa shape index (κ1) is 30.7. The van der Waals surface area contributed by atoms with Gasteiger partial charge in [-0.15, -0.1) is 0 Å². The minimum Gasteiger partial charge on any atom is -0.465 e. The first-order valence-electron chi connectivity index (χ1n) is 14.8. The van der Waals surface area contributed by atoms with Gasteiger partial charge >= 0.3 is 6.09 Å². The molecule has 3 atom stereocenters. The van der Waals surface area contributed by atoms with Crippen LogP contribution in [0.3, 0.4) is 0 Å². The first-order chi connectivity index (χ1) is 21.0. The number of fused-ring (bicyclic) bond motifs is 3. The lowest BCUT2D eigenvalue weighted by molar-refractivity contribution is -0.131. The molecule has 2 aromatic carbocycles. The molecule has 0 aromatic heterocycles. The van der Waals surface area contributed by atoms with Crippen molar-refractivity contribution in [1.29, 1.82) is 5.26 Å². The lowest BCUT2D eigenvalue weighted by Gasteiger charge is -2.38. The van der Waals surface area contributed by atoms with Crippen molar-refractivity contribution < 1.29 is 24.3 Å². The minimum absolute atomic E-state index is 0.0153. The standard InChI is InChI=1S/C32H37N7O5/c1-17(2)37-30(38-31(43)44)32(9-10-36-16-27(40)39-23(15-33)13-22-14-26(22)39)24-7-5-20(28(34)41)11-18(24)3-4-19-12-21(29(35)42)6-8-25(19)32/h5-8,11-12,17,22-23,26,36H,3-4,9-10,13-14,16H2,1-2H3,(H2,34,41)(H2,35,42)(H,37,38)(H,43,44)/t22-,23?,26?/m0/s1. The largest absolute Gasteiger partial charge is 0.465 e. The van der Waals surface area contributed by atoms with Gasteiger partial charge in [0.2, 0.25) is 17.7 Å². The number of hydrogen-bond donors (Lipinski definition) is 5. The second kappa shape index (κ2) is 12.1. The normalized spacial score (nSPS) is 21.4. The number of amides is 4. The number of nitrogens with one attached hydrogen (secondary N) is 2. The van der Waals surface area contributed by atoms with Crippen LogP contribution in [0.25, 0.3) is 0 Å². The number of nitriles is 1. The fourth-order valence-corrected chi connectivity index (χ4v) is 6.90. The Labute approximate surface area is 255 Å². The zero-order chi connectivity index (χ0) is 31.8. The highest BCUT2D eigenvalue weighted by Crippen LogP contribution is 2.47. The van der Waals surface area contributed by atoms with Crippen LogP contribution >= 0.6 is 0 Å². The van der Waals surface area contributed by atoms with Crippen molar-refractivity contribution in [3.05, 3.63) is 69.8 Å². The number of rotatable bonds is 9. The number of benzene rings is 2. The van der Waals surface area contributed by atoms with Crippen LogP contribution in [-0.4, -0.2) is 70.9 Å². The molecule has 3 aliphatic rings. The van der Waals surface area contributed by atoms with Crippen LogP contribution in [0, 0.1) is 17.2 Å². The highest BCUT2D eigenvalue weighted by Gasteiger charge is 2.54. The number of primary amides is 2. The molecule has 12 nitrogen and oxygen atoms in total. The van der Waals surface area contributed by atoms with E-state index in [0.717, 1.165) is 28.7 Å². The van der Waals surface area contributed by atoms with Gasteiger partial charge in [0.1, 0.15) is 11.9 Å². The summed E-state index contributed by atoms with van der Waals surface area (Å²) >= 11 is 0. The quantitative estimate of drug-likeness (QED) is 0.164. The predicted octanol–water partition coefficient (Wildman–Crippen LogP) is 1.84. The highest BCUT2D eigenvalue weighted by atomic mass is 16.4. The van der Waals surface area contributed by atoms with Crippen molar-refractivity contribution in [2.45, 2.75) is 69.5 Å². The van der Waals surface area contributed by atoms with Crippen molar-refractivity contribution in [3.63, 3.8) is 0 Å². The van der Waals surface area contributed by atoms with Crippen molar-refractivity contribution in [1.82, 2.24) is 15.5 Å². The third-order valence-corrected chi connectivity index (χ3v) is 8.87. The van der Waals surface area contributed by atoms with Crippen LogP contribution in [0.1, 0.15) is 76.1 Å². The molecule has 0 spiro atoms. The zero-order valence-corrected chi connectivity index (χ0v) is 24.8. The number of nitrogens with two attached hydrogens (primary N) is 2. The van der Waals surface area contributed by atoms with Gasteiger partial charge < -0.3 is 26.8 Å². The topological polar surface area (TPSA) is 204 Å². The molecule has 2 aromatic rings. The van der Waals surface area contributed by atoms with Gasteiger partial charge in [-0.1, -0.05) is 12.1 Å². The molecule has 0 radical (unpaired) electrons. The van der Waals surface area contributed by atoms with Crippen molar-refractivity contribution in [2.24, 2.45) is 22.4 Å². The SMILES string of the molecule is CC(C)N=C(NC(=O)O)C1(CCNCC(=O)N2C(C#N)C[C@H]3CC32)c2ccc(C(N)=O)cc2CCc2cc(C(N)=O)ccc21. The minimum atomic E-state index is -1.29. The third-order valence-electron chi connectivity index (χ3n) is 8.87. The number of carbonyl (C=O) groups excluding carboxylic acids is 3. The molecule has 5 rings (SSSR count). The maximum atomic E-state index is 13.2. The molecule has 2 fully saturated rings. The summed E-state index contributed by atoms with van der Waals surface area (Å²) < 4.78 is 0. The summed E-state index contributed by atoms with van der Waals surface area (Å²) in [5, 5.41) is 25.3. The summed E-state index contributed by atoms with van der Waals surface area (Å²) in [6, 6.07) is 11.9. The molecule has 230 valence electrons. The third kappa shape index (κ3) is 5.75. The maximum Gasteiger partial charge on any atom is 0.410 e. The number of nitrogens with zero attached hydrogens (tertiary/aromatic N) is 3. The number of aliphatic imine (C=N–C) groups is 1. The number of hydrogen-bond acceptors (Lipinski definition) is 7. The molecule has 2 unspecified atom stereocenters. The van der Waals surface area contributed by atoms with Crippen molar-refractivity contribution in [2.75, 3.05) is 13.1 Å². The number of likely N-dealkylation sites (tertiary alicyclic amines) is 1. The summed E-state index contributed by atoms with van der Waals surface area (Å²) in [4.78, 5) is 56.2. The molecule has 44 heavy (non-hydrogen) atoms. The second-order valence-electron chi connectivity index (χ2n) is 12.1. The molecule has 4 amide bonds. The molecule has 0 bridgehead atoms. The van der Waals surface area contributed by atoms with E-state index in [1.54, 1.807) is 41.3 Å². The molecule has 1 aliphatic heterocycles. The summed E-state index contributed by atoms with van der Waals surface area (Å²) in [6.45, 7) is 3.97. The predicted molar refractivity (Wildman–Crippen MR) is 162 cm³/mol. The Morgan fingerprint density at radius 1 is 1.05 bits per heavy atom. The van der Waals surface area contributed by atoms with Gasteiger partial charge in [-0.25, -0.2) is 4.79 Å². The molecular formula is C32H37N7O5.